The molecule has 0 bridgehead atoms. The number of rotatable bonds is 5. The number of hydrogen-bond donors (Lipinski definition) is 2. The van der Waals surface area contributed by atoms with Crippen LogP contribution in [0, 0.1) is 10.1 Å². The van der Waals surface area contributed by atoms with Crippen LogP contribution in [0.25, 0.3) is 0 Å². The van der Waals surface area contributed by atoms with Crippen molar-refractivity contribution in [2.45, 2.75) is 13.0 Å². The minimum Gasteiger partial charge on any atom is -0.508 e. The number of phenols is 1. The molecule has 0 aromatic heterocycles. The summed E-state index contributed by atoms with van der Waals surface area (Å²) in [6, 6.07) is 8.92. The highest BCUT2D eigenvalue weighted by atomic mass is 35.5. The molecule has 0 aliphatic carbocycles. The highest BCUT2D eigenvalue weighted by molar-refractivity contribution is 6.34. The Kier molecular flexibility index (Phi) is 5.56. The van der Waals surface area contributed by atoms with Gasteiger partial charge in [-0.05, 0) is 37.3 Å². The van der Waals surface area contributed by atoms with Crippen LogP contribution in [0.5, 0.6) is 5.75 Å². The second kappa shape index (κ2) is 7.63. The van der Waals surface area contributed by atoms with Gasteiger partial charge in [-0.1, -0.05) is 11.6 Å². The van der Waals surface area contributed by atoms with Crippen LogP contribution in [0.3, 0.4) is 0 Å². The van der Waals surface area contributed by atoms with Crippen molar-refractivity contribution < 1.29 is 24.4 Å². The average molecular weight is 365 g/mol. The van der Waals surface area contributed by atoms with Crippen LogP contribution in [0.1, 0.15) is 17.3 Å². The normalized spacial score (nSPS) is 11.4. The van der Waals surface area contributed by atoms with Gasteiger partial charge in [0.15, 0.2) is 6.10 Å². The van der Waals surface area contributed by atoms with E-state index in [4.69, 9.17) is 16.3 Å². The van der Waals surface area contributed by atoms with E-state index >= 15 is 0 Å². The van der Waals surface area contributed by atoms with E-state index in [2.05, 4.69) is 5.32 Å². The smallest absolute Gasteiger partial charge is 0.338 e. The summed E-state index contributed by atoms with van der Waals surface area (Å²) in [6.07, 6.45) is -1.13. The number of halogens is 1. The number of anilines is 1. The molecule has 1 amide bonds. The molecule has 25 heavy (non-hydrogen) atoms. The molecule has 8 nitrogen and oxygen atoms in total. The number of ether oxygens (including phenoxy) is 1. The fraction of sp³-hybridized carbons (Fsp3) is 0.125. The van der Waals surface area contributed by atoms with E-state index in [1.807, 2.05) is 0 Å². The molecular weight excluding hydrogens is 352 g/mol. The van der Waals surface area contributed by atoms with Gasteiger partial charge in [-0.3, -0.25) is 14.9 Å². The number of nitrogens with one attached hydrogen (secondary N) is 1. The zero-order chi connectivity index (χ0) is 18.6. The first-order valence-electron chi connectivity index (χ1n) is 7.02. The molecule has 0 heterocycles. The van der Waals surface area contributed by atoms with Crippen molar-refractivity contribution in [2.75, 3.05) is 5.32 Å². The average Bonchev–Trinajstić information content (AvgIpc) is 2.56. The molecule has 0 aliphatic heterocycles. The Morgan fingerprint density at radius 2 is 1.88 bits per heavy atom. The number of nitro benzene ring substituents is 1. The minimum atomic E-state index is -1.13. The number of non-ortho nitro benzene ring substituents is 1. The topological polar surface area (TPSA) is 119 Å². The van der Waals surface area contributed by atoms with Gasteiger partial charge in [-0.15, -0.1) is 0 Å². The zero-order valence-electron chi connectivity index (χ0n) is 12.9. The van der Waals surface area contributed by atoms with Gasteiger partial charge in [-0.25, -0.2) is 4.79 Å². The van der Waals surface area contributed by atoms with Crippen molar-refractivity contribution in [3.8, 4) is 5.75 Å². The van der Waals surface area contributed by atoms with Crippen molar-refractivity contribution in [2.24, 2.45) is 0 Å². The third-order valence-corrected chi connectivity index (χ3v) is 3.49. The van der Waals surface area contributed by atoms with Crippen LogP contribution in [0.4, 0.5) is 11.4 Å². The first-order valence-corrected chi connectivity index (χ1v) is 7.40. The van der Waals surface area contributed by atoms with Gasteiger partial charge in [0, 0.05) is 12.1 Å². The fourth-order valence-electron chi connectivity index (χ4n) is 1.83. The summed E-state index contributed by atoms with van der Waals surface area (Å²) in [6.45, 7) is 1.37. The molecule has 2 aromatic rings. The lowest BCUT2D eigenvalue weighted by atomic mass is 10.2. The van der Waals surface area contributed by atoms with Gasteiger partial charge < -0.3 is 15.2 Å². The van der Waals surface area contributed by atoms with Crippen LogP contribution < -0.4 is 5.32 Å². The predicted molar refractivity (Wildman–Crippen MR) is 89.7 cm³/mol. The van der Waals surface area contributed by atoms with E-state index in [1.54, 1.807) is 0 Å². The van der Waals surface area contributed by atoms with Crippen LogP contribution in [-0.4, -0.2) is 28.0 Å². The number of amides is 1. The summed E-state index contributed by atoms with van der Waals surface area (Å²) in [5, 5.41) is 22.3. The minimum absolute atomic E-state index is 0.00449. The second-order valence-corrected chi connectivity index (χ2v) is 5.41. The molecule has 0 aliphatic rings. The number of hydrogen-bond acceptors (Lipinski definition) is 6. The third kappa shape index (κ3) is 4.67. The van der Waals surface area contributed by atoms with Crippen LogP contribution in [0.2, 0.25) is 5.02 Å². The van der Waals surface area contributed by atoms with E-state index in [1.165, 1.54) is 43.3 Å². The third-order valence-electron chi connectivity index (χ3n) is 3.18. The molecule has 0 spiro atoms. The molecule has 1 atom stereocenters. The van der Waals surface area contributed by atoms with E-state index < -0.39 is 22.9 Å². The standard InChI is InChI=1S/C16H13ClN2O6/c1-9(25-16(22)10-2-5-12(20)6-3-10)15(21)18-14-7-4-11(19(23)24)8-13(14)17/h2-9,20H,1H3,(H,18,21)/t9-/m1/s1. The lowest BCUT2D eigenvalue weighted by Crippen LogP contribution is -2.30. The number of esters is 1. The Labute approximate surface area is 147 Å². The van der Waals surface area contributed by atoms with E-state index in [-0.39, 0.29) is 27.7 Å². The number of nitro groups is 1. The molecule has 2 N–H and O–H groups in total. The molecule has 0 saturated carbocycles. The summed E-state index contributed by atoms with van der Waals surface area (Å²) in [7, 11) is 0. The molecule has 130 valence electrons. The number of nitrogens with zero attached hydrogens (tertiary/aromatic N) is 1. The number of aromatic hydroxyl groups is 1. The van der Waals surface area contributed by atoms with Crippen molar-refractivity contribution >= 4 is 34.9 Å². The lowest BCUT2D eigenvalue weighted by Gasteiger charge is -2.14. The van der Waals surface area contributed by atoms with Gasteiger partial charge in [-0.2, -0.15) is 0 Å². The van der Waals surface area contributed by atoms with Crippen molar-refractivity contribution in [1.29, 1.82) is 0 Å². The molecule has 2 rings (SSSR count). The van der Waals surface area contributed by atoms with Crippen molar-refractivity contribution in [3.05, 3.63) is 63.2 Å². The summed E-state index contributed by atoms with van der Waals surface area (Å²) in [5.74, 6) is -1.39. The number of carbonyl (C=O) groups is 2. The zero-order valence-corrected chi connectivity index (χ0v) is 13.7. The molecule has 2 aromatic carbocycles. The molecular formula is C16H13ClN2O6. The van der Waals surface area contributed by atoms with Crippen LogP contribution in [-0.2, 0) is 9.53 Å². The number of benzene rings is 2. The fourth-order valence-corrected chi connectivity index (χ4v) is 2.05. The summed E-state index contributed by atoms with van der Waals surface area (Å²) >= 11 is 5.89. The largest absolute Gasteiger partial charge is 0.508 e. The Bertz CT molecular complexity index is 822. The van der Waals surface area contributed by atoms with Crippen molar-refractivity contribution in [1.82, 2.24) is 0 Å². The van der Waals surface area contributed by atoms with Gasteiger partial charge in [0.25, 0.3) is 11.6 Å². The van der Waals surface area contributed by atoms with Gasteiger partial charge in [0.1, 0.15) is 5.75 Å². The summed E-state index contributed by atoms with van der Waals surface area (Å²) in [5.41, 5.74) is 0.116. The second-order valence-electron chi connectivity index (χ2n) is 5.00. The number of phenolic OH excluding ortho intramolecular Hbond substituents is 1. The van der Waals surface area contributed by atoms with Gasteiger partial charge in [0.2, 0.25) is 0 Å². The SMILES string of the molecule is C[C@@H](OC(=O)c1ccc(O)cc1)C(=O)Nc1ccc([N+](=O)[O-])cc1Cl. The highest BCUT2D eigenvalue weighted by Gasteiger charge is 2.20. The maximum atomic E-state index is 12.1. The predicted octanol–water partition coefficient (Wildman–Crippen LogP) is 3.14. The highest BCUT2D eigenvalue weighted by Crippen LogP contribution is 2.26. The molecule has 0 radical (unpaired) electrons. The molecule has 0 saturated heterocycles. The van der Waals surface area contributed by atoms with Gasteiger partial charge >= 0.3 is 5.97 Å². The van der Waals surface area contributed by atoms with E-state index in [0.717, 1.165) is 6.07 Å². The number of carbonyl (C=O) groups excluding carboxylic acids is 2. The van der Waals surface area contributed by atoms with Crippen LogP contribution in [0.15, 0.2) is 42.5 Å². The first kappa shape index (κ1) is 18.2. The lowest BCUT2D eigenvalue weighted by molar-refractivity contribution is -0.384. The first-order chi connectivity index (χ1) is 11.8. The maximum absolute atomic E-state index is 12.1. The monoisotopic (exact) mass is 364 g/mol. The quantitative estimate of drug-likeness (QED) is 0.478. The van der Waals surface area contributed by atoms with Crippen molar-refractivity contribution in [3.63, 3.8) is 0 Å². The Morgan fingerprint density at radius 1 is 1.24 bits per heavy atom. The summed E-state index contributed by atoms with van der Waals surface area (Å²) in [4.78, 5) is 34.1. The Hall–Kier alpha value is -3.13. The summed E-state index contributed by atoms with van der Waals surface area (Å²) < 4.78 is 5.03. The molecule has 0 unspecified atom stereocenters. The van der Waals surface area contributed by atoms with Crippen LogP contribution >= 0.6 is 11.6 Å². The van der Waals surface area contributed by atoms with E-state index in [9.17, 15) is 24.8 Å². The van der Waals surface area contributed by atoms with E-state index in [0.29, 0.717) is 0 Å². The maximum Gasteiger partial charge on any atom is 0.338 e. The molecule has 0 fully saturated rings. The Morgan fingerprint density at radius 3 is 2.44 bits per heavy atom. The van der Waals surface area contributed by atoms with Gasteiger partial charge in [0.05, 0.1) is 21.2 Å². The molecule has 9 heteroatoms. The Balaban J connectivity index is 2.01.